The maximum absolute atomic E-state index is 13.9. The molecule has 0 saturated carbocycles. The number of nitrogens with one attached hydrogen (secondary N) is 1. The van der Waals surface area contributed by atoms with E-state index in [1.54, 1.807) is 37.8 Å². The number of amides is 1. The summed E-state index contributed by atoms with van der Waals surface area (Å²) in [5.74, 6) is -1.04. The van der Waals surface area contributed by atoms with Gasteiger partial charge in [0.2, 0.25) is 0 Å². The third kappa shape index (κ3) is 9.88. The summed E-state index contributed by atoms with van der Waals surface area (Å²) in [4.78, 5) is 52.9. The molecule has 2 aliphatic rings. The van der Waals surface area contributed by atoms with E-state index < -0.39 is 36.3 Å². The molecule has 0 spiro atoms. The van der Waals surface area contributed by atoms with Gasteiger partial charge in [0.05, 0.1) is 23.4 Å². The zero-order valence-corrected chi connectivity index (χ0v) is 34.7. The fourth-order valence-corrected chi connectivity index (χ4v) is 8.55. The minimum absolute atomic E-state index is 0.000338. The van der Waals surface area contributed by atoms with E-state index in [1.165, 1.54) is 11.3 Å². The number of aromatic nitrogens is 2. The number of anilines is 2. The highest BCUT2D eigenvalue weighted by Gasteiger charge is 2.46. The van der Waals surface area contributed by atoms with Gasteiger partial charge in [0.15, 0.2) is 10.8 Å². The number of rotatable bonds is 12. The molecule has 316 valence electrons. The standard InChI is InChI=1S/C44H47F3N6O6S/c1-27-29(11-8-14-34(27)58-23-9-19-51-21-22-52(26-38(54)55)36(25-51)44(45,46)47)30-16-17-37(49-39(30)41(57)59-43(2,3)4)53-20-18-28-10-7-12-31(32(28)24-53)40(56)50-42-48-33-13-5-6-15-35(33)60-42/h5-8,10-17,36H,9,18-26H2,1-4H3,(H,54,55)(H,48,50,56). The number of esters is 1. The average molecular weight is 845 g/mol. The van der Waals surface area contributed by atoms with E-state index in [9.17, 15) is 27.6 Å². The number of piperazine rings is 1. The molecule has 60 heavy (non-hydrogen) atoms. The molecule has 1 fully saturated rings. The van der Waals surface area contributed by atoms with Crippen molar-refractivity contribution in [3.8, 4) is 16.9 Å². The van der Waals surface area contributed by atoms with Crippen LogP contribution in [-0.4, -0.2) is 106 Å². The number of carbonyl (C=O) groups is 3. The zero-order chi connectivity index (χ0) is 42.8. The highest BCUT2D eigenvalue weighted by atomic mass is 32.1. The second-order valence-corrected chi connectivity index (χ2v) is 17.0. The first-order valence-corrected chi connectivity index (χ1v) is 20.6. The first kappa shape index (κ1) is 42.5. The summed E-state index contributed by atoms with van der Waals surface area (Å²) >= 11 is 1.41. The van der Waals surface area contributed by atoms with Crippen molar-refractivity contribution >= 4 is 50.3 Å². The summed E-state index contributed by atoms with van der Waals surface area (Å²) in [6.07, 6.45) is -3.45. The molecule has 3 aromatic carbocycles. The van der Waals surface area contributed by atoms with Gasteiger partial charge < -0.3 is 24.4 Å². The Labute approximate surface area is 349 Å². The smallest absolute Gasteiger partial charge is 0.405 e. The summed E-state index contributed by atoms with van der Waals surface area (Å²) < 4.78 is 54.3. The number of nitrogens with zero attached hydrogens (tertiary/aromatic N) is 5. The maximum Gasteiger partial charge on any atom is 0.405 e. The molecule has 1 amide bonds. The van der Waals surface area contributed by atoms with Crippen molar-refractivity contribution in [1.29, 1.82) is 0 Å². The van der Waals surface area contributed by atoms with Gasteiger partial charge in [0.25, 0.3) is 5.91 Å². The van der Waals surface area contributed by atoms with Gasteiger partial charge in [-0.05, 0) is 99.2 Å². The summed E-state index contributed by atoms with van der Waals surface area (Å²) in [5, 5.41) is 12.6. The highest BCUT2D eigenvalue weighted by molar-refractivity contribution is 7.22. The molecule has 2 aromatic heterocycles. The summed E-state index contributed by atoms with van der Waals surface area (Å²) in [6, 6.07) is 20.7. The Hall–Kier alpha value is -5.58. The van der Waals surface area contributed by atoms with Crippen LogP contribution in [0.25, 0.3) is 21.3 Å². The van der Waals surface area contributed by atoms with Crippen molar-refractivity contribution in [2.75, 3.05) is 56.1 Å². The summed E-state index contributed by atoms with van der Waals surface area (Å²) in [7, 11) is 0. The van der Waals surface area contributed by atoms with Crippen LogP contribution in [0.15, 0.2) is 72.8 Å². The van der Waals surface area contributed by atoms with E-state index in [0.717, 1.165) is 31.8 Å². The van der Waals surface area contributed by atoms with Crippen LogP contribution < -0.4 is 15.0 Å². The highest BCUT2D eigenvalue weighted by Crippen LogP contribution is 2.36. The third-order valence-corrected chi connectivity index (χ3v) is 11.5. The Kier molecular flexibility index (Phi) is 12.5. The number of halogens is 3. The third-order valence-electron chi connectivity index (χ3n) is 10.6. The predicted octanol–water partition coefficient (Wildman–Crippen LogP) is 7.84. The number of carboxylic acids is 1. The molecule has 1 saturated heterocycles. The van der Waals surface area contributed by atoms with Gasteiger partial charge in [-0.1, -0.05) is 47.7 Å². The van der Waals surface area contributed by atoms with Crippen LogP contribution in [-0.2, 0) is 22.5 Å². The number of thiazole rings is 1. The average Bonchev–Trinajstić information content (AvgIpc) is 3.61. The monoisotopic (exact) mass is 844 g/mol. The number of pyridine rings is 1. The molecule has 1 atom stereocenters. The molecular weight excluding hydrogens is 798 g/mol. The zero-order valence-electron chi connectivity index (χ0n) is 33.8. The summed E-state index contributed by atoms with van der Waals surface area (Å²) in [6.45, 7) is 8.13. The Bertz CT molecular complexity index is 2370. The minimum Gasteiger partial charge on any atom is -0.493 e. The largest absolute Gasteiger partial charge is 0.493 e. The molecule has 16 heteroatoms. The number of para-hydroxylation sites is 1. The van der Waals surface area contributed by atoms with Crippen LogP contribution >= 0.6 is 11.3 Å². The van der Waals surface area contributed by atoms with E-state index in [-0.39, 0.29) is 31.3 Å². The van der Waals surface area contributed by atoms with E-state index in [2.05, 4.69) is 10.3 Å². The molecule has 2 aliphatic heterocycles. The van der Waals surface area contributed by atoms with Crippen molar-refractivity contribution in [3.05, 3.63) is 101 Å². The number of carbonyl (C=O) groups excluding carboxylic acids is 2. The first-order valence-electron chi connectivity index (χ1n) is 19.8. The molecule has 12 nitrogen and oxygen atoms in total. The van der Waals surface area contributed by atoms with Crippen LogP contribution in [0, 0.1) is 6.92 Å². The number of carboxylic acid groups (broad SMARTS) is 1. The SMILES string of the molecule is Cc1c(OCCCN2CCN(CC(=O)O)C(C(F)(F)F)C2)cccc1-c1ccc(N2CCc3cccc(C(=O)Nc4nc5ccccc5s4)c3C2)nc1C(=O)OC(C)(C)C. The van der Waals surface area contributed by atoms with E-state index in [4.69, 9.17) is 19.6 Å². The molecular formula is C44H47F3N6O6S. The topological polar surface area (TPSA) is 137 Å². The van der Waals surface area contributed by atoms with Crippen LogP contribution in [0.4, 0.5) is 24.1 Å². The molecule has 4 heterocycles. The number of alkyl halides is 3. The molecule has 0 bridgehead atoms. The lowest BCUT2D eigenvalue weighted by molar-refractivity contribution is -0.198. The Morgan fingerprint density at radius 3 is 2.47 bits per heavy atom. The van der Waals surface area contributed by atoms with Crippen LogP contribution in [0.1, 0.15) is 64.7 Å². The van der Waals surface area contributed by atoms with Gasteiger partial charge in [-0.2, -0.15) is 13.2 Å². The van der Waals surface area contributed by atoms with Crippen molar-refractivity contribution in [2.45, 2.75) is 64.9 Å². The lowest BCUT2D eigenvalue weighted by Gasteiger charge is -2.41. The lowest BCUT2D eigenvalue weighted by atomic mass is 9.94. The van der Waals surface area contributed by atoms with E-state index >= 15 is 0 Å². The number of benzene rings is 3. The number of ether oxygens (including phenoxy) is 2. The number of hydrogen-bond acceptors (Lipinski definition) is 11. The second kappa shape index (κ2) is 17.6. The molecule has 1 unspecified atom stereocenters. The van der Waals surface area contributed by atoms with E-state index in [1.807, 2.05) is 72.5 Å². The quantitative estimate of drug-likeness (QED) is 0.0939. The van der Waals surface area contributed by atoms with Crippen molar-refractivity contribution in [2.24, 2.45) is 0 Å². The minimum atomic E-state index is -4.55. The van der Waals surface area contributed by atoms with Gasteiger partial charge in [-0.25, -0.2) is 14.8 Å². The van der Waals surface area contributed by atoms with Gasteiger partial charge in [-0.15, -0.1) is 0 Å². The maximum atomic E-state index is 13.9. The van der Waals surface area contributed by atoms with Crippen LogP contribution in [0.3, 0.4) is 0 Å². The molecule has 0 radical (unpaired) electrons. The van der Waals surface area contributed by atoms with Crippen LogP contribution in [0.2, 0.25) is 0 Å². The molecule has 2 N–H and O–H groups in total. The van der Waals surface area contributed by atoms with Gasteiger partial charge in [0, 0.05) is 50.4 Å². The van der Waals surface area contributed by atoms with Crippen molar-refractivity contribution in [1.82, 2.24) is 19.8 Å². The first-order chi connectivity index (χ1) is 28.5. The molecule has 7 rings (SSSR count). The fraction of sp³-hybridized carbons (Fsp3) is 0.386. The predicted molar refractivity (Wildman–Crippen MR) is 224 cm³/mol. The molecule has 5 aromatic rings. The van der Waals surface area contributed by atoms with E-state index in [0.29, 0.717) is 72.4 Å². The normalized spacial score (nSPS) is 16.4. The Balaban J connectivity index is 1.08. The number of hydrogen-bond donors (Lipinski definition) is 2. The van der Waals surface area contributed by atoms with Crippen molar-refractivity contribution < 1.29 is 42.1 Å². The number of aliphatic carboxylic acids is 1. The van der Waals surface area contributed by atoms with Gasteiger partial charge in [0.1, 0.15) is 23.2 Å². The molecule has 0 aliphatic carbocycles. The Morgan fingerprint density at radius 1 is 0.933 bits per heavy atom. The van der Waals surface area contributed by atoms with Crippen molar-refractivity contribution in [3.63, 3.8) is 0 Å². The fourth-order valence-electron chi connectivity index (χ4n) is 7.69. The lowest BCUT2D eigenvalue weighted by Crippen LogP contribution is -2.60. The second-order valence-electron chi connectivity index (χ2n) is 16.0. The summed E-state index contributed by atoms with van der Waals surface area (Å²) in [5.41, 5.74) is 4.59. The van der Waals surface area contributed by atoms with Gasteiger partial charge in [-0.3, -0.25) is 19.8 Å². The number of fused-ring (bicyclic) bond motifs is 2. The van der Waals surface area contributed by atoms with Crippen LogP contribution in [0.5, 0.6) is 5.75 Å². The Morgan fingerprint density at radius 2 is 1.72 bits per heavy atom. The van der Waals surface area contributed by atoms with Gasteiger partial charge >= 0.3 is 18.1 Å².